The Labute approximate surface area is 270 Å². The molecule has 46 heavy (non-hydrogen) atoms. The molecule has 1 N–H and O–H groups in total. The number of hydrogen-bond acceptors (Lipinski definition) is 8. The average molecular weight is 671 g/mol. The molecule has 0 bridgehead atoms. The molecule has 2 amide bonds. The van der Waals surface area contributed by atoms with E-state index in [1.807, 2.05) is 37.3 Å². The molecule has 0 unspecified atom stereocenters. The normalized spacial score (nSPS) is 13.0. The molecule has 242 valence electrons. The highest BCUT2D eigenvalue weighted by Gasteiger charge is 2.25. The van der Waals surface area contributed by atoms with Gasteiger partial charge < -0.3 is 14.4 Å². The van der Waals surface area contributed by atoms with Gasteiger partial charge in [-0.3, -0.25) is 14.3 Å². The number of rotatable bonds is 11. The number of para-hydroxylation sites is 1. The minimum atomic E-state index is -3.91. The molecule has 0 saturated carbocycles. The van der Waals surface area contributed by atoms with Crippen molar-refractivity contribution in [3.05, 3.63) is 94.5 Å². The molecule has 0 fully saturated rings. The Morgan fingerprint density at radius 1 is 1.15 bits per heavy atom. The summed E-state index contributed by atoms with van der Waals surface area (Å²) in [5.74, 6) is -0.361. The molecular formula is C32H32ClFN4O7S. The van der Waals surface area contributed by atoms with E-state index in [0.29, 0.717) is 60.4 Å². The summed E-state index contributed by atoms with van der Waals surface area (Å²) in [5.41, 5.74) is 4.88. The van der Waals surface area contributed by atoms with Crippen LogP contribution >= 0.6 is 11.6 Å². The first-order valence-electron chi connectivity index (χ1n) is 14.4. The maximum absolute atomic E-state index is 14.9. The molecule has 3 aromatic carbocycles. The molecule has 0 spiro atoms. The number of nitrogens with zero attached hydrogens (tertiary/aromatic N) is 3. The highest BCUT2D eigenvalue weighted by Crippen LogP contribution is 2.40. The van der Waals surface area contributed by atoms with Crippen molar-refractivity contribution >= 4 is 39.2 Å². The lowest BCUT2D eigenvalue weighted by Crippen LogP contribution is -2.31. The predicted molar refractivity (Wildman–Crippen MR) is 170 cm³/mol. The van der Waals surface area contributed by atoms with Crippen LogP contribution in [-0.4, -0.2) is 56.0 Å². The fraction of sp³-hybridized carbons (Fsp3) is 0.281. The second kappa shape index (κ2) is 14.3. The number of benzene rings is 3. The van der Waals surface area contributed by atoms with Crippen LogP contribution < -0.4 is 19.9 Å². The maximum Gasteiger partial charge on any atom is 0.285 e. The lowest BCUT2D eigenvalue weighted by atomic mass is 10.1. The number of hydroxylamine groups is 1. The molecule has 1 aliphatic rings. The third-order valence-corrected chi connectivity index (χ3v) is 8.04. The van der Waals surface area contributed by atoms with Crippen molar-refractivity contribution in [2.24, 2.45) is 0 Å². The second-order valence-corrected chi connectivity index (χ2v) is 12.6. The number of fused-ring (bicyclic) bond motifs is 1. The molecule has 0 aliphatic carbocycles. The first-order valence-corrected chi connectivity index (χ1v) is 16.6. The van der Waals surface area contributed by atoms with Crippen LogP contribution in [0.3, 0.4) is 0 Å². The van der Waals surface area contributed by atoms with E-state index in [2.05, 4.69) is 9.38 Å². The van der Waals surface area contributed by atoms with Gasteiger partial charge in [-0.15, -0.1) is 4.28 Å². The third kappa shape index (κ3) is 8.03. The van der Waals surface area contributed by atoms with Crippen molar-refractivity contribution < 1.29 is 36.2 Å². The summed E-state index contributed by atoms with van der Waals surface area (Å²) in [6, 6.07) is 14.8. The lowest BCUT2D eigenvalue weighted by molar-refractivity contribution is -0.118. The van der Waals surface area contributed by atoms with E-state index in [1.54, 1.807) is 33.5 Å². The van der Waals surface area contributed by atoms with Crippen molar-refractivity contribution in [2.75, 3.05) is 30.9 Å². The minimum Gasteiger partial charge on any atom is -0.493 e. The van der Waals surface area contributed by atoms with Crippen LogP contribution in [0.25, 0.3) is 11.1 Å². The van der Waals surface area contributed by atoms with Crippen molar-refractivity contribution in [2.45, 2.75) is 32.7 Å². The number of aromatic nitrogens is 2. The van der Waals surface area contributed by atoms with Gasteiger partial charge in [0.15, 0.2) is 5.75 Å². The van der Waals surface area contributed by atoms with Gasteiger partial charge in [0.2, 0.25) is 5.91 Å². The van der Waals surface area contributed by atoms with Crippen LogP contribution in [0.1, 0.15) is 40.7 Å². The van der Waals surface area contributed by atoms with Gasteiger partial charge in [0.05, 0.1) is 37.9 Å². The first kappa shape index (κ1) is 32.9. The van der Waals surface area contributed by atoms with Crippen LogP contribution in [0.5, 0.6) is 11.5 Å². The Hall–Kier alpha value is -4.46. The zero-order chi connectivity index (χ0) is 32.8. The number of halogens is 2. The molecule has 11 nitrogen and oxygen atoms in total. The number of carbonyl (C=O) groups excluding carboxylic acids is 2. The second-order valence-electron chi connectivity index (χ2n) is 10.7. The Morgan fingerprint density at radius 3 is 2.74 bits per heavy atom. The number of hydrogen-bond donors (Lipinski definition) is 1. The summed E-state index contributed by atoms with van der Waals surface area (Å²) in [6.07, 6.45) is 5.62. The van der Waals surface area contributed by atoms with Crippen LogP contribution in [0.4, 0.5) is 10.1 Å². The smallest absolute Gasteiger partial charge is 0.285 e. The highest BCUT2D eigenvalue weighted by atomic mass is 35.5. The summed E-state index contributed by atoms with van der Waals surface area (Å²) in [7, 11) is -3.91. The fourth-order valence-corrected chi connectivity index (χ4v) is 5.32. The minimum absolute atomic E-state index is 0.0403. The van der Waals surface area contributed by atoms with Gasteiger partial charge >= 0.3 is 0 Å². The molecule has 14 heteroatoms. The van der Waals surface area contributed by atoms with Gasteiger partial charge in [-0.05, 0) is 50.1 Å². The monoisotopic (exact) mass is 670 g/mol. The average Bonchev–Trinajstić information content (AvgIpc) is 3.37. The summed E-state index contributed by atoms with van der Waals surface area (Å²) in [6.45, 7) is 3.26. The van der Waals surface area contributed by atoms with E-state index in [-0.39, 0.29) is 30.0 Å². The third-order valence-electron chi connectivity index (χ3n) is 7.25. The fourth-order valence-electron chi connectivity index (χ4n) is 4.93. The molecule has 0 saturated heterocycles. The molecule has 5 rings (SSSR count). The number of carbonyl (C=O) groups is 2. The van der Waals surface area contributed by atoms with Crippen molar-refractivity contribution in [1.29, 1.82) is 0 Å². The first-order chi connectivity index (χ1) is 22.0. The van der Waals surface area contributed by atoms with Gasteiger partial charge in [-0.2, -0.15) is 13.5 Å². The topological polar surface area (TPSA) is 129 Å². The number of nitrogens with one attached hydrogen (secondary N) is 1. The van der Waals surface area contributed by atoms with E-state index in [4.69, 9.17) is 21.1 Å². The van der Waals surface area contributed by atoms with Crippen molar-refractivity contribution in [1.82, 2.24) is 15.3 Å². The van der Waals surface area contributed by atoms with Crippen molar-refractivity contribution in [3.63, 3.8) is 0 Å². The number of ether oxygens (including phenoxy) is 2. The molecule has 0 atom stereocenters. The zero-order valence-electron chi connectivity index (χ0n) is 25.2. The van der Waals surface area contributed by atoms with Crippen molar-refractivity contribution in [3.8, 4) is 22.6 Å². The highest BCUT2D eigenvalue weighted by molar-refractivity contribution is 7.85. The molecule has 0 radical (unpaired) electrons. The summed E-state index contributed by atoms with van der Waals surface area (Å²) in [5, 5.41) is 5.01. The van der Waals surface area contributed by atoms with Crippen LogP contribution in [-0.2, 0) is 25.7 Å². The Morgan fingerprint density at radius 2 is 1.96 bits per heavy atom. The van der Waals surface area contributed by atoms with Crippen LogP contribution in [0, 0.1) is 12.7 Å². The quantitative estimate of drug-likeness (QED) is 0.168. The summed E-state index contributed by atoms with van der Waals surface area (Å²) < 4.78 is 54.8. The molecular weight excluding hydrogens is 639 g/mol. The largest absolute Gasteiger partial charge is 0.493 e. The van der Waals surface area contributed by atoms with Crippen LogP contribution in [0.15, 0.2) is 67.0 Å². The van der Waals surface area contributed by atoms with Gasteiger partial charge in [-0.1, -0.05) is 35.9 Å². The number of anilines is 1. The molecule has 2 heterocycles. The maximum atomic E-state index is 14.9. The molecule has 4 aromatic rings. The van der Waals surface area contributed by atoms with Gasteiger partial charge in [-0.25, -0.2) is 9.87 Å². The van der Waals surface area contributed by atoms with Gasteiger partial charge in [0.1, 0.15) is 11.6 Å². The van der Waals surface area contributed by atoms with Gasteiger partial charge in [0.25, 0.3) is 16.0 Å². The molecule has 1 aliphatic heterocycles. The Bertz CT molecular complexity index is 1860. The standard InChI is InChI=1S/C32H32ClFN4O7S/c1-21-26(33)8-4-10-29(21)43-15-5-11-30(39)38-14-6-16-44-31-25(7-3-9-28(31)38)24-18-35-37(20-24)19-23-13-12-22(17-27(23)34)32(40)36-45-46(2,41)42/h3-4,7-10,12-13,17-18,20H,5-6,11,14-16,19H2,1-2H3,(H,36,40). The van der Waals surface area contributed by atoms with E-state index in [0.717, 1.165) is 23.4 Å². The zero-order valence-corrected chi connectivity index (χ0v) is 26.7. The Kier molecular flexibility index (Phi) is 10.2. The summed E-state index contributed by atoms with van der Waals surface area (Å²) in [4.78, 5) is 27.2. The van der Waals surface area contributed by atoms with E-state index in [1.165, 1.54) is 12.1 Å². The number of amides is 2. The van der Waals surface area contributed by atoms with E-state index < -0.39 is 21.8 Å². The lowest BCUT2D eigenvalue weighted by Gasteiger charge is -2.23. The Balaban J connectivity index is 1.26. The SMILES string of the molecule is Cc1c(Cl)cccc1OCCCC(=O)N1CCCOc2c(-c3cnn(Cc4ccc(C(=O)NOS(C)(=O)=O)cc4F)c3)cccc21. The van der Waals surface area contributed by atoms with Crippen LogP contribution in [0.2, 0.25) is 5.02 Å². The van der Waals surface area contributed by atoms with E-state index in [9.17, 15) is 22.4 Å². The molecule has 1 aromatic heterocycles. The predicted octanol–water partition coefficient (Wildman–Crippen LogP) is 5.30. The summed E-state index contributed by atoms with van der Waals surface area (Å²) >= 11 is 6.17. The van der Waals surface area contributed by atoms with E-state index >= 15 is 0 Å². The van der Waals surface area contributed by atoms with Gasteiger partial charge in [0, 0.05) is 52.0 Å².